The number of methoxy groups -OCH3 is 4. The van der Waals surface area contributed by atoms with E-state index in [1.165, 1.54) is 28.4 Å². The van der Waals surface area contributed by atoms with Gasteiger partial charge < -0.3 is 18.9 Å². The Morgan fingerprint density at radius 3 is 1.87 bits per heavy atom. The molecule has 88 valence electrons. The highest BCUT2D eigenvalue weighted by atomic mass is 16.6. The summed E-state index contributed by atoms with van der Waals surface area (Å²) in [5.41, 5.74) is 0. The number of carbonyl (C=O) groups excluding carboxylic acids is 2. The van der Waals surface area contributed by atoms with Gasteiger partial charge in [-0.25, -0.2) is 4.79 Å². The average molecular weight is 220 g/mol. The van der Waals surface area contributed by atoms with Crippen molar-refractivity contribution in [2.75, 3.05) is 35.0 Å². The van der Waals surface area contributed by atoms with Crippen molar-refractivity contribution < 1.29 is 28.5 Å². The predicted octanol–water partition coefficient (Wildman–Crippen LogP) is -0.595. The number of hydrogen-bond acceptors (Lipinski definition) is 6. The van der Waals surface area contributed by atoms with Gasteiger partial charge in [0, 0.05) is 21.3 Å². The Morgan fingerprint density at radius 1 is 1.00 bits per heavy atom. The largest absolute Gasteiger partial charge is 0.467 e. The van der Waals surface area contributed by atoms with Crippen LogP contribution in [0.2, 0.25) is 0 Å². The fourth-order valence-electron chi connectivity index (χ4n) is 1.11. The third-order valence-electron chi connectivity index (χ3n) is 1.82. The van der Waals surface area contributed by atoms with Crippen molar-refractivity contribution in [3.8, 4) is 0 Å². The van der Waals surface area contributed by atoms with Gasteiger partial charge in [0.25, 0.3) is 0 Å². The maximum Gasteiger partial charge on any atom is 0.338 e. The smallest absolute Gasteiger partial charge is 0.338 e. The maximum atomic E-state index is 11.5. The average Bonchev–Trinajstić information content (AvgIpc) is 2.24. The zero-order valence-corrected chi connectivity index (χ0v) is 9.31. The molecule has 2 unspecified atom stereocenters. The molecular weight excluding hydrogens is 204 g/mol. The van der Waals surface area contributed by atoms with Gasteiger partial charge in [-0.15, -0.1) is 0 Å². The molecule has 0 aromatic carbocycles. The number of rotatable bonds is 7. The van der Waals surface area contributed by atoms with Crippen LogP contribution in [-0.4, -0.2) is 59.0 Å². The molecule has 0 rings (SSSR count). The van der Waals surface area contributed by atoms with E-state index in [-0.39, 0.29) is 12.4 Å². The Labute approximate surface area is 88.4 Å². The van der Waals surface area contributed by atoms with Crippen LogP contribution < -0.4 is 0 Å². The van der Waals surface area contributed by atoms with Crippen LogP contribution >= 0.6 is 0 Å². The highest BCUT2D eigenvalue weighted by Crippen LogP contribution is 2.06. The van der Waals surface area contributed by atoms with Crippen molar-refractivity contribution in [1.29, 1.82) is 0 Å². The van der Waals surface area contributed by atoms with E-state index in [9.17, 15) is 9.59 Å². The lowest BCUT2D eigenvalue weighted by atomic mass is 10.1. The topological polar surface area (TPSA) is 71.1 Å². The highest BCUT2D eigenvalue weighted by Gasteiger charge is 2.34. The normalized spacial score (nSPS) is 14.4. The van der Waals surface area contributed by atoms with Crippen LogP contribution in [-0.2, 0) is 28.5 Å². The summed E-state index contributed by atoms with van der Waals surface area (Å²) in [6.45, 7) is -0.143. The van der Waals surface area contributed by atoms with E-state index in [0.717, 1.165) is 0 Å². The van der Waals surface area contributed by atoms with E-state index in [1.54, 1.807) is 0 Å². The van der Waals surface area contributed by atoms with E-state index in [1.807, 2.05) is 0 Å². The molecule has 0 amide bonds. The Morgan fingerprint density at radius 2 is 1.53 bits per heavy atom. The van der Waals surface area contributed by atoms with Crippen molar-refractivity contribution in [3.63, 3.8) is 0 Å². The molecule has 0 aromatic heterocycles. The summed E-state index contributed by atoms with van der Waals surface area (Å²) < 4.78 is 18.9. The first kappa shape index (κ1) is 14.0. The van der Waals surface area contributed by atoms with Gasteiger partial charge in [-0.05, 0) is 0 Å². The van der Waals surface area contributed by atoms with Gasteiger partial charge in [-0.2, -0.15) is 0 Å². The Hall–Kier alpha value is -0.980. The van der Waals surface area contributed by atoms with Crippen LogP contribution in [0.3, 0.4) is 0 Å². The van der Waals surface area contributed by atoms with Crippen molar-refractivity contribution in [3.05, 3.63) is 0 Å². The number of carbonyl (C=O) groups is 2. The molecule has 0 saturated carbocycles. The summed E-state index contributed by atoms with van der Waals surface area (Å²) in [5, 5.41) is 0. The monoisotopic (exact) mass is 220 g/mol. The Balaban J connectivity index is 4.60. The third-order valence-corrected chi connectivity index (χ3v) is 1.82. The molecule has 0 aliphatic carbocycles. The van der Waals surface area contributed by atoms with E-state index in [4.69, 9.17) is 9.47 Å². The molecule has 0 bridgehead atoms. The van der Waals surface area contributed by atoms with Gasteiger partial charge in [-0.1, -0.05) is 0 Å². The molecule has 6 nitrogen and oxygen atoms in total. The fraction of sp³-hybridized carbons (Fsp3) is 0.778. The quantitative estimate of drug-likeness (QED) is 0.534. The molecule has 0 aliphatic heterocycles. The van der Waals surface area contributed by atoms with Crippen molar-refractivity contribution in [2.24, 2.45) is 0 Å². The predicted molar refractivity (Wildman–Crippen MR) is 50.5 cm³/mol. The zero-order valence-electron chi connectivity index (χ0n) is 9.31. The molecule has 15 heavy (non-hydrogen) atoms. The van der Waals surface area contributed by atoms with Gasteiger partial charge in [0.15, 0.2) is 18.0 Å². The van der Waals surface area contributed by atoms with Crippen LogP contribution in [0.5, 0.6) is 0 Å². The zero-order chi connectivity index (χ0) is 11.8. The van der Waals surface area contributed by atoms with Crippen molar-refractivity contribution >= 4 is 11.8 Å². The SMILES string of the molecule is COCC(=O)C(OC)C(OC)C(=O)OC. The Bertz CT molecular complexity index is 215. The highest BCUT2D eigenvalue weighted by molar-refractivity contribution is 5.90. The van der Waals surface area contributed by atoms with Gasteiger partial charge >= 0.3 is 5.97 Å². The molecule has 0 heterocycles. The number of ether oxygens (including phenoxy) is 4. The first-order valence-electron chi connectivity index (χ1n) is 4.27. The molecule has 0 aliphatic rings. The molecule has 0 saturated heterocycles. The number of esters is 1. The standard InChI is InChI=1S/C9H16O6/c1-12-5-6(10)7(13-2)8(14-3)9(11)15-4/h7-8H,5H2,1-4H3. The van der Waals surface area contributed by atoms with Crippen LogP contribution in [0.25, 0.3) is 0 Å². The molecule has 0 radical (unpaired) electrons. The molecule has 0 spiro atoms. The van der Waals surface area contributed by atoms with Crippen molar-refractivity contribution in [1.82, 2.24) is 0 Å². The second-order valence-electron chi connectivity index (χ2n) is 2.74. The molecule has 6 heteroatoms. The first-order valence-corrected chi connectivity index (χ1v) is 4.27. The maximum absolute atomic E-state index is 11.5. The summed E-state index contributed by atoms with van der Waals surface area (Å²) >= 11 is 0. The fourth-order valence-corrected chi connectivity index (χ4v) is 1.11. The Kier molecular flexibility index (Phi) is 6.85. The molecule has 2 atom stereocenters. The van der Waals surface area contributed by atoms with Crippen LogP contribution in [0.1, 0.15) is 0 Å². The molecular formula is C9H16O6. The van der Waals surface area contributed by atoms with E-state index >= 15 is 0 Å². The number of Topliss-reactive ketones (excluding diaryl/α,β-unsaturated/α-hetero) is 1. The van der Waals surface area contributed by atoms with Crippen LogP contribution in [0.4, 0.5) is 0 Å². The van der Waals surface area contributed by atoms with Gasteiger partial charge in [0.2, 0.25) is 0 Å². The first-order chi connectivity index (χ1) is 7.12. The lowest BCUT2D eigenvalue weighted by Gasteiger charge is -2.21. The van der Waals surface area contributed by atoms with E-state index in [2.05, 4.69) is 9.47 Å². The minimum Gasteiger partial charge on any atom is -0.467 e. The molecule has 0 fully saturated rings. The molecule has 0 aromatic rings. The number of ketones is 1. The minimum absolute atomic E-state index is 0.143. The van der Waals surface area contributed by atoms with Gasteiger partial charge in [0.1, 0.15) is 6.61 Å². The van der Waals surface area contributed by atoms with Gasteiger partial charge in [-0.3, -0.25) is 4.79 Å². The van der Waals surface area contributed by atoms with E-state index in [0.29, 0.717) is 0 Å². The van der Waals surface area contributed by atoms with Crippen LogP contribution in [0, 0.1) is 0 Å². The van der Waals surface area contributed by atoms with E-state index < -0.39 is 18.2 Å². The summed E-state index contributed by atoms with van der Waals surface area (Å²) in [7, 11) is 5.20. The second kappa shape index (κ2) is 7.33. The number of hydrogen-bond donors (Lipinski definition) is 0. The summed E-state index contributed by atoms with van der Waals surface area (Å²) in [4.78, 5) is 22.7. The molecule has 0 N–H and O–H groups in total. The summed E-state index contributed by atoms with van der Waals surface area (Å²) in [6.07, 6.45) is -2.08. The van der Waals surface area contributed by atoms with Gasteiger partial charge in [0.05, 0.1) is 7.11 Å². The summed E-state index contributed by atoms with van der Waals surface area (Å²) in [5.74, 6) is -1.04. The summed E-state index contributed by atoms with van der Waals surface area (Å²) in [6, 6.07) is 0. The lowest BCUT2D eigenvalue weighted by Crippen LogP contribution is -2.44. The van der Waals surface area contributed by atoms with Crippen LogP contribution in [0.15, 0.2) is 0 Å². The minimum atomic E-state index is -1.07. The lowest BCUT2D eigenvalue weighted by molar-refractivity contribution is -0.166. The second-order valence-corrected chi connectivity index (χ2v) is 2.74. The van der Waals surface area contributed by atoms with Crippen molar-refractivity contribution in [2.45, 2.75) is 12.2 Å². The third kappa shape index (κ3) is 3.94.